The highest BCUT2D eigenvalue weighted by Gasteiger charge is 2.21. The SMILES string of the molecule is CS(=O)(=O)N(CC(=O)NCCOc1ccc(F)cc1)Cc1ccccc1Cl. The summed E-state index contributed by atoms with van der Waals surface area (Å²) in [6.07, 6.45) is 1.04. The van der Waals surface area contributed by atoms with Crippen LogP contribution in [-0.2, 0) is 21.4 Å². The normalized spacial score (nSPS) is 11.4. The number of nitrogens with zero attached hydrogens (tertiary/aromatic N) is 1. The highest BCUT2D eigenvalue weighted by atomic mass is 35.5. The Kier molecular flexibility index (Phi) is 7.58. The monoisotopic (exact) mass is 414 g/mol. The molecule has 1 N–H and O–H groups in total. The first kappa shape index (κ1) is 21.1. The molecule has 0 aliphatic rings. The molecular weight excluding hydrogens is 395 g/mol. The van der Waals surface area contributed by atoms with E-state index in [1.807, 2.05) is 0 Å². The number of benzene rings is 2. The largest absolute Gasteiger partial charge is 0.492 e. The van der Waals surface area contributed by atoms with E-state index in [9.17, 15) is 17.6 Å². The van der Waals surface area contributed by atoms with Crippen LogP contribution in [-0.4, -0.2) is 44.6 Å². The second-order valence-corrected chi connectivity index (χ2v) is 8.16. The van der Waals surface area contributed by atoms with Gasteiger partial charge in [-0.05, 0) is 35.9 Å². The number of sulfonamides is 1. The summed E-state index contributed by atoms with van der Waals surface area (Å²) < 4.78 is 43.2. The van der Waals surface area contributed by atoms with Crippen LogP contribution in [0.5, 0.6) is 5.75 Å². The summed E-state index contributed by atoms with van der Waals surface area (Å²) >= 11 is 6.06. The molecule has 0 heterocycles. The van der Waals surface area contributed by atoms with Crippen molar-refractivity contribution in [3.05, 3.63) is 64.9 Å². The number of nitrogens with one attached hydrogen (secondary N) is 1. The van der Waals surface area contributed by atoms with Gasteiger partial charge in [0.25, 0.3) is 0 Å². The van der Waals surface area contributed by atoms with Crippen LogP contribution in [0, 0.1) is 5.82 Å². The van der Waals surface area contributed by atoms with Gasteiger partial charge in [0.1, 0.15) is 18.2 Å². The molecule has 0 radical (unpaired) electrons. The van der Waals surface area contributed by atoms with Crippen molar-refractivity contribution in [2.75, 3.05) is 26.0 Å². The van der Waals surface area contributed by atoms with Gasteiger partial charge in [0.05, 0.1) is 19.3 Å². The molecule has 0 saturated carbocycles. The molecule has 0 fully saturated rings. The van der Waals surface area contributed by atoms with Gasteiger partial charge in [-0.2, -0.15) is 4.31 Å². The molecular formula is C18H20ClFN2O4S. The Morgan fingerprint density at radius 1 is 1.19 bits per heavy atom. The molecule has 0 aliphatic carbocycles. The molecule has 27 heavy (non-hydrogen) atoms. The maximum absolute atomic E-state index is 12.8. The predicted octanol–water partition coefficient (Wildman–Crippen LogP) is 2.44. The Bertz CT molecular complexity index is 875. The summed E-state index contributed by atoms with van der Waals surface area (Å²) in [6.45, 7) is 0.0132. The zero-order valence-corrected chi connectivity index (χ0v) is 16.3. The zero-order chi connectivity index (χ0) is 19.9. The number of halogens is 2. The lowest BCUT2D eigenvalue weighted by atomic mass is 10.2. The van der Waals surface area contributed by atoms with Crippen molar-refractivity contribution in [2.24, 2.45) is 0 Å². The Morgan fingerprint density at radius 3 is 2.48 bits per heavy atom. The van der Waals surface area contributed by atoms with Crippen LogP contribution < -0.4 is 10.1 Å². The van der Waals surface area contributed by atoms with Crippen LogP contribution in [0.1, 0.15) is 5.56 Å². The van der Waals surface area contributed by atoms with E-state index in [1.165, 1.54) is 24.3 Å². The van der Waals surface area contributed by atoms with Crippen LogP contribution in [0.3, 0.4) is 0 Å². The first-order valence-electron chi connectivity index (χ1n) is 8.09. The average molecular weight is 415 g/mol. The summed E-state index contributed by atoms with van der Waals surface area (Å²) in [5, 5.41) is 3.02. The molecule has 9 heteroatoms. The highest BCUT2D eigenvalue weighted by Crippen LogP contribution is 2.18. The molecule has 0 saturated heterocycles. The first-order valence-corrected chi connectivity index (χ1v) is 10.3. The lowest BCUT2D eigenvalue weighted by molar-refractivity contribution is -0.121. The molecule has 0 aromatic heterocycles. The van der Waals surface area contributed by atoms with Crippen molar-refractivity contribution in [3.8, 4) is 5.75 Å². The van der Waals surface area contributed by atoms with E-state index in [2.05, 4.69) is 5.32 Å². The number of rotatable bonds is 9. The molecule has 0 spiro atoms. The number of carbonyl (C=O) groups is 1. The number of hydrogen-bond donors (Lipinski definition) is 1. The number of carbonyl (C=O) groups excluding carboxylic acids is 1. The molecule has 2 aromatic rings. The quantitative estimate of drug-likeness (QED) is 0.639. The summed E-state index contributed by atoms with van der Waals surface area (Å²) in [6, 6.07) is 12.3. The Balaban J connectivity index is 1.85. The van der Waals surface area contributed by atoms with Gasteiger partial charge < -0.3 is 10.1 Å². The number of hydrogen-bond acceptors (Lipinski definition) is 4. The summed E-state index contributed by atoms with van der Waals surface area (Å²) in [7, 11) is -3.61. The van der Waals surface area contributed by atoms with Crippen molar-refractivity contribution in [3.63, 3.8) is 0 Å². The average Bonchev–Trinajstić information content (AvgIpc) is 2.60. The fourth-order valence-electron chi connectivity index (χ4n) is 2.21. The third kappa shape index (κ3) is 7.16. The molecule has 6 nitrogen and oxygen atoms in total. The van der Waals surface area contributed by atoms with Gasteiger partial charge in [-0.3, -0.25) is 4.79 Å². The third-order valence-electron chi connectivity index (χ3n) is 3.60. The second kappa shape index (κ2) is 9.68. The predicted molar refractivity (Wildman–Crippen MR) is 102 cm³/mol. The lowest BCUT2D eigenvalue weighted by Gasteiger charge is -2.20. The molecule has 0 bridgehead atoms. The lowest BCUT2D eigenvalue weighted by Crippen LogP contribution is -2.41. The van der Waals surface area contributed by atoms with Gasteiger partial charge in [0.2, 0.25) is 15.9 Å². The molecule has 0 unspecified atom stereocenters. The molecule has 0 atom stereocenters. The maximum Gasteiger partial charge on any atom is 0.235 e. The zero-order valence-electron chi connectivity index (χ0n) is 14.7. The number of amides is 1. The van der Waals surface area contributed by atoms with Crippen molar-refractivity contribution in [2.45, 2.75) is 6.54 Å². The highest BCUT2D eigenvalue weighted by molar-refractivity contribution is 7.88. The van der Waals surface area contributed by atoms with E-state index in [0.29, 0.717) is 16.3 Å². The van der Waals surface area contributed by atoms with E-state index in [1.54, 1.807) is 24.3 Å². The molecule has 146 valence electrons. The van der Waals surface area contributed by atoms with Gasteiger partial charge in [0.15, 0.2) is 0 Å². The Labute approximate surface area is 162 Å². The fourth-order valence-corrected chi connectivity index (χ4v) is 3.13. The molecule has 1 amide bonds. The van der Waals surface area contributed by atoms with Crippen molar-refractivity contribution < 1.29 is 22.3 Å². The summed E-state index contributed by atoms with van der Waals surface area (Å²) in [5.74, 6) is -0.354. The van der Waals surface area contributed by atoms with E-state index in [0.717, 1.165) is 10.6 Å². The summed E-state index contributed by atoms with van der Waals surface area (Å²) in [4.78, 5) is 12.1. The van der Waals surface area contributed by atoms with Crippen LogP contribution >= 0.6 is 11.6 Å². The number of ether oxygens (including phenoxy) is 1. The van der Waals surface area contributed by atoms with Crippen molar-refractivity contribution in [1.82, 2.24) is 9.62 Å². The Hall–Kier alpha value is -2.16. The topological polar surface area (TPSA) is 75.7 Å². The van der Waals surface area contributed by atoms with Crippen LogP contribution in [0.25, 0.3) is 0 Å². The molecule has 2 rings (SSSR count). The third-order valence-corrected chi connectivity index (χ3v) is 5.17. The van der Waals surface area contributed by atoms with Gasteiger partial charge in [-0.1, -0.05) is 29.8 Å². The van der Waals surface area contributed by atoms with Gasteiger partial charge in [-0.15, -0.1) is 0 Å². The second-order valence-electron chi connectivity index (χ2n) is 5.77. The standard InChI is InChI=1S/C18H20ClFN2O4S/c1-27(24,25)22(12-14-4-2-3-5-17(14)19)13-18(23)21-10-11-26-16-8-6-15(20)7-9-16/h2-9H,10-13H2,1H3,(H,21,23). The van der Waals surface area contributed by atoms with Gasteiger partial charge in [0, 0.05) is 11.6 Å². The van der Waals surface area contributed by atoms with Crippen molar-refractivity contribution >= 4 is 27.5 Å². The van der Waals surface area contributed by atoms with E-state index in [4.69, 9.17) is 16.3 Å². The van der Waals surface area contributed by atoms with Crippen LogP contribution in [0.4, 0.5) is 4.39 Å². The first-order chi connectivity index (χ1) is 12.8. The van der Waals surface area contributed by atoms with E-state index in [-0.39, 0.29) is 32.1 Å². The minimum Gasteiger partial charge on any atom is -0.492 e. The minimum absolute atomic E-state index is 0.00198. The van der Waals surface area contributed by atoms with Crippen LogP contribution in [0.2, 0.25) is 5.02 Å². The summed E-state index contributed by atoms with van der Waals surface area (Å²) in [5.41, 5.74) is 0.608. The van der Waals surface area contributed by atoms with E-state index < -0.39 is 15.9 Å². The fraction of sp³-hybridized carbons (Fsp3) is 0.278. The maximum atomic E-state index is 12.8. The van der Waals surface area contributed by atoms with Gasteiger partial charge in [-0.25, -0.2) is 12.8 Å². The van der Waals surface area contributed by atoms with Gasteiger partial charge >= 0.3 is 0 Å². The Morgan fingerprint density at radius 2 is 1.85 bits per heavy atom. The van der Waals surface area contributed by atoms with Crippen LogP contribution in [0.15, 0.2) is 48.5 Å². The molecule has 0 aliphatic heterocycles. The van der Waals surface area contributed by atoms with Crippen molar-refractivity contribution in [1.29, 1.82) is 0 Å². The minimum atomic E-state index is -3.61. The van der Waals surface area contributed by atoms with E-state index >= 15 is 0 Å². The smallest absolute Gasteiger partial charge is 0.235 e. The molecule has 2 aromatic carbocycles.